The van der Waals surface area contributed by atoms with E-state index in [1.54, 1.807) is 11.3 Å². The van der Waals surface area contributed by atoms with Crippen molar-refractivity contribution in [1.82, 2.24) is 5.32 Å². The third-order valence-electron chi connectivity index (χ3n) is 2.98. The van der Waals surface area contributed by atoms with E-state index in [0.717, 1.165) is 0 Å². The van der Waals surface area contributed by atoms with Gasteiger partial charge in [-0.15, -0.1) is 22.7 Å². The van der Waals surface area contributed by atoms with Crippen LogP contribution in [0.4, 0.5) is 0 Å². The van der Waals surface area contributed by atoms with Gasteiger partial charge in [-0.3, -0.25) is 0 Å². The molecule has 0 aliphatic carbocycles. The highest BCUT2D eigenvalue weighted by atomic mass is 79.9. The molecular formula is C14H18BrNS2. The summed E-state index contributed by atoms with van der Waals surface area (Å²) in [6, 6.07) is 7.26. The number of hydrogen-bond donors (Lipinski definition) is 1. The largest absolute Gasteiger partial charge is 0.302 e. The van der Waals surface area contributed by atoms with Gasteiger partial charge in [0, 0.05) is 26.3 Å². The van der Waals surface area contributed by atoms with Gasteiger partial charge in [0.1, 0.15) is 0 Å². The van der Waals surface area contributed by atoms with Crippen molar-refractivity contribution >= 4 is 38.6 Å². The highest BCUT2D eigenvalue weighted by molar-refractivity contribution is 9.10. The van der Waals surface area contributed by atoms with Gasteiger partial charge in [0.25, 0.3) is 0 Å². The molecule has 0 aliphatic heterocycles. The average Bonchev–Trinajstić information content (AvgIpc) is 2.95. The molecule has 2 aromatic rings. The van der Waals surface area contributed by atoms with Crippen LogP contribution in [0, 0.1) is 5.92 Å². The van der Waals surface area contributed by atoms with Gasteiger partial charge in [-0.1, -0.05) is 19.9 Å². The Morgan fingerprint density at radius 1 is 1.11 bits per heavy atom. The first-order chi connectivity index (χ1) is 8.59. The van der Waals surface area contributed by atoms with E-state index in [1.165, 1.54) is 14.2 Å². The lowest BCUT2D eigenvalue weighted by Crippen LogP contribution is -2.27. The number of halogens is 1. The monoisotopic (exact) mass is 343 g/mol. The lowest BCUT2D eigenvalue weighted by atomic mass is 10.0. The summed E-state index contributed by atoms with van der Waals surface area (Å²) in [6.45, 7) is 6.78. The molecule has 0 bridgehead atoms. The molecule has 0 amide bonds. The van der Waals surface area contributed by atoms with Crippen LogP contribution in [-0.2, 0) is 0 Å². The minimum absolute atomic E-state index is 0.369. The van der Waals surface area contributed by atoms with Crippen molar-refractivity contribution in [2.45, 2.75) is 32.9 Å². The first-order valence-electron chi connectivity index (χ1n) is 6.12. The lowest BCUT2D eigenvalue weighted by Gasteiger charge is -2.25. The third-order valence-corrected chi connectivity index (χ3v) is 5.99. The Labute approximate surface area is 125 Å². The molecule has 0 aromatic carbocycles. The van der Waals surface area contributed by atoms with Crippen LogP contribution in [-0.4, -0.2) is 0 Å². The molecule has 18 heavy (non-hydrogen) atoms. The first kappa shape index (κ1) is 14.3. The summed E-state index contributed by atoms with van der Waals surface area (Å²) >= 11 is 7.25. The van der Waals surface area contributed by atoms with E-state index in [2.05, 4.69) is 71.0 Å². The average molecular weight is 344 g/mol. The summed E-state index contributed by atoms with van der Waals surface area (Å²) in [5, 5.41) is 8.04. The molecule has 98 valence electrons. The van der Waals surface area contributed by atoms with E-state index in [9.17, 15) is 0 Å². The second-order valence-corrected chi connectivity index (χ2v) is 7.54. The van der Waals surface area contributed by atoms with E-state index >= 15 is 0 Å². The van der Waals surface area contributed by atoms with Crippen molar-refractivity contribution in [3.8, 4) is 0 Å². The Morgan fingerprint density at radius 3 is 2.39 bits per heavy atom. The summed E-state index contributed by atoms with van der Waals surface area (Å²) in [6.07, 6.45) is 0. The lowest BCUT2D eigenvalue weighted by molar-refractivity contribution is 0.381. The summed E-state index contributed by atoms with van der Waals surface area (Å²) < 4.78 is 1.21. The quantitative estimate of drug-likeness (QED) is 0.742. The van der Waals surface area contributed by atoms with Gasteiger partial charge in [0.2, 0.25) is 0 Å². The minimum atomic E-state index is 0.369. The fourth-order valence-corrected chi connectivity index (χ4v) is 4.72. The predicted molar refractivity (Wildman–Crippen MR) is 85.5 cm³/mol. The number of nitrogens with one attached hydrogen (secondary N) is 1. The molecule has 2 heterocycles. The Hall–Kier alpha value is -0.160. The Balaban J connectivity index is 2.13. The van der Waals surface area contributed by atoms with Crippen molar-refractivity contribution in [3.05, 3.63) is 43.2 Å². The topological polar surface area (TPSA) is 12.0 Å². The summed E-state index contributed by atoms with van der Waals surface area (Å²) in [5.41, 5.74) is 0. The number of thiophene rings is 2. The molecule has 2 unspecified atom stereocenters. The zero-order valence-electron chi connectivity index (χ0n) is 10.8. The van der Waals surface area contributed by atoms with Gasteiger partial charge >= 0.3 is 0 Å². The second-order valence-electron chi connectivity index (χ2n) is 4.76. The number of rotatable bonds is 5. The second kappa shape index (κ2) is 6.33. The van der Waals surface area contributed by atoms with Crippen LogP contribution < -0.4 is 5.32 Å². The molecule has 2 atom stereocenters. The van der Waals surface area contributed by atoms with E-state index in [-0.39, 0.29) is 0 Å². The van der Waals surface area contributed by atoms with E-state index in [0.29, 0.717) is 18.0 Å². The van der Waals surface area contributed by atoms with Gasteiger partial charge in [0.05, 0.1) is 0 Å². The normalized spacial score (nSPS) is 14.9. The molecular weight excluding hydrogens is 326 g/mol. The van der Waals surface area contributed by atoms with Gasteiger partial charge in [-0.05, 0) is 51.7 Å². The van der Waals surface area contributed by atoms with E-state index in [1.807, 2.05) is 11.3 Å². The van der Waals surface area contributed by atoms with Crippen LogP contribution in [0.1, 0.15) is 42.6 Å². The first-order valence-corrected chi connectivity index (χ1v) is 8.67. The van der Waals surface area contributed by atoms with Crippen molar-refractivity contribution in [2.24, 2.45) is 5.92 Å². The van der Waals surface area contributed by atoms with Gasteiger partial charge < -0.3 is 5.32 Å². The maximum Gasteiger partial charge on any atom is 0.0443 e. The molecule has 4 heteroatoms. The molecule has 0 saturated heterocycles. The highest BCUT2D eigenvalue weighted by Gasteiger charge is 2.21. The van der Waals surface area contributed by atoms with E-state index < -0.39 is 0 Å². The Kier molecular flexibility index (Phi) is 5.01. The highest BCUT2D eigenvalue weighted by Crippen LogP contribution is 2.33. The van der Waals surface area contributed by atoms with Crippen molar-refractivity contribution < 1.29 is 0 Å². The SMILES string of the molecule is CC(NC(c1cccs1)C(C)C)c1sccc1Br. The minimum Gasteiger partial charge on any atom is -0.302 e. The zero-order valence-corrected chi connectivity index (χ0v) is 14.0. The molecule has 1 nitrogen and oxygen atoms in total. The van der Waals surface area contributed by atoms with Crippen LogP contribution in [0.15, 0.2) is 33.4 Å². The molecule has 0 fully saturated rings. The van der Waals surface area contributed by atoms with Crippen LogP contribution in [0.5, 0.6) is 0 Å². The Bertz CT molecular complexity index is 476. The molecule has 2 rings (SSSR count). The summed E-state index contributed by atoms with van der Waals surface area (Å²) in [7, 11) is 0. The fourth-order valence-electron chi connectivity index (χ4n) is 2.03. The van der Waals surface area contributed by atoms with Crippen molar-refractivity contribution in [2.75, 3.05) is 0 Å². The molecule has 1 N–H and O–H groups in total. The maximum absolute atomic E-state index is 3.75. The standard InChI is InChI=1S/C14H18BrNS2/c1-9(2)13(12-5-4-7-17-12)16-10(3)14-11(15)6-8-18-14/h4-10,13,16H,1-3H3. The Morgan fingerprint density at radius 2 is 1.89 bits per heavy atom. The molecule has 0 radical (unpaired) electrons. The molecule has 2 aromatic heterocycles. The fraction of sp³-hybridized carbons (Fsp3) is 0.429. The van der Waals surface area contributed by atoms with E-state index in [4.69, 9.17) is 0 Å². The molecule has 0 saturated carbocycles. The van der Waals surface area contributed by atoms with Gasteiger partial charge in [0.15, 0.2) is 0 Å². The summed E-state index contributed by atoms with van der Waals surface area (Å²) in [4.78, 5) is 2.79. The van der Waals surface area contributed by atoms with Crippen LogP contribution in [0.25, 0.3) is 0 Å². The van der Waals surface area contributed by atoms with Crippen LogP contribution in [0.3, 0.4) is 0 Å². The van der Waals surface area contributed by atoms with Crippen molar-refractivity contribution in [3.63, 3.8) is 0 Å². The summed E-state index contributed by atoms with van der Waals surface area (Å²) in [5.74, 6) is 0.588. The smallest absolute Gasteiger partial charge is 0.0443 e. The molecule has 0 spiro atoms. The molecule has 0 aliphatic rings. The number of hydrogen-bond acceptors (Lipinski definition) is 3. The zero-order chi connectivity index (χ0) is 13.1. The van der Waals surface area contributed by atoms with Gasteiger partial charge in [-0.2, -0.15) is 0 Å². The van der Waals surface area contributed by atoms with Crippen LogP contribution >= 0.6 is 38.6 Å². The maximum atomic E-state index is 3.75. The van der Waals surface area contributed by atoms with Crippen LogP contribution in [0.2, 0.25) is 0 Å². The predicted octanol–water partition coefficient (Wildman–Crippen LogP) is 5.62. The third kappa shape index (κ3) is 3.23. The van der Waals surface area contributed by atoms with Gasteiger partial charge in [-0.25, -0.2) is 0 Å². The van der Waals surface area contributed by atoms with Crippen molar-refractivity contribution in [1.29, 1.82) is 0 Å².